The van der Waals surface area contributed by atoms with E-state index >= 15 is 0 Å². The van der Waals surface area contributed by atoms with Crippen molar-refractivity contribution >= 4 is 41.3 Å². The quantitative estimate of drug-likeness (QED) is 0.891. The molecule has 92 valence electrons. The van der Waals surface area contributed by atoms with Crippen LogP contribution in [0.5, 0.6) is 0 Å². The maximum atomic E-state index is 11.7. The first-order valence-electron chi connectivity index (χ1n) is 4.80. The Morgan fingerprint density at radius 1 is 1.56 bits per heavy atom. The zero-order valence-electron chi connectivity index (χ0n) is 9.20. The Labute approximate surface area is 111 Å². The summed E-state index contributed by atoms with van der Waals surface area (Å²) in [5.74, 6) is -0.178. The Balaban J connectivity index is 0.00000225. The number of rotatable bonds is 4. The van der Waals surface area contributed by atoms with Crippen molar-refractivity contribution in [2.24, 2.45) is 5.73 Å². The van der Waals surface area contributed by atoms with Crippen molar-refractivity contribution in [1.82, 2.24) is 5.32 Å². The highest BCUT2D eigenvalue weighted by Gasteiger charge is 2.18. The van der Waals surface area contributed by atoms with Crippen LogP contribution in [0, 0.1) is 0 Å². The van der Waals surface area contributed by atoms with E-state index in [4.69, 9.17) is 17.3 Å². The lowest BCUT2D eigenvalue weighted by Crippen LogP contribution is -2.39. The van der Waals surface area contributed by atoms with Crippen LogP contribution < -0.4 is 11.1 Å². The van der Waals surface area contributed by atoms with Crippen molar-refractivity contribution in [3.8, 4) is 0 Å². The van der Waals surface area contributed by atoms with Crippen LogP contribution in [-0.4, -0.2) is 18.5 Å². The molecule has 0 saturated carbocycles. The summed E-state index contributed by atoms with van der Waals surface area (Å²) in [6.45, 7) is 4.19. The molecule has 0 spiro atoms. The molecule has 0 radical (unpaired) electrons. The molecule has 1 amide bonds. The number of hydrogen-bond acceptors (Lipinski definition) is 3. The normalized spacial score (nSPS) is 13.8. The number of nitrogens with one attached hydrogen (secondary N) is 1. The molecule has 0 bridgehead atoms. The van der Waals surface area contributed by atoms with Crippen LogP contribution >= 0.6 is 35.3 Å². The maximum absolute atomic E-state index is 11.7. The third-order valence-electron chi connectivity index (χ3n) is 2.16. The van der Waals surface area contributed by atoms with Gasteiger partial charge in [0.15, 0.2) is 0 Å². The van der Waals surface area contributed by atoms with Gasteiger partial charge >= 0.3 is 0 Å². The third kappa shape index (κ3) is 4.29. The van der Waals surface area contributed by atoms with Gasteiger partial charge < -0.3 is 11.1 Å². The van der Waals surface area contributed by atoms with Crippen LogP contribution in [0.1, 0.15) is 24.6 Å². The summed E-state index contributed by atoms with van der Waals surface area (Å²) in [4.78, 5) is 12.7. The first-order chi connectivity index (χ1) is 7.04. The van der Waals surface area contributed by atoms with Crippen LogP contribution in [0.15, 0.2) is 12.1 Å². The number of thiophene rings is 1. The number of carbonyl (C=O) groups is 1. The summed E-state index contributed by atoms with van der Waals surface area (Å²) in [7, 11) is 0. The summed E-state index contributed by atoms with van der Waals surface area (Å²) in [6, 6.07) is 3.69. The van der Waals surface area contributed by atoms with Gasteiger partial charge in [0.2, 0.25) is 5.91 Å². The Bertz CT molecular complexity index is 343. The first-order valence-corrected chi connectivity index (χ1v) is 5.99. The molecular weight excluding hydrogens is 267 g/mol. The second-order valence-corrected chi connectivity index (χ2v) is 5.26. The lowest BCUT2D eigenvalue weighted by molar-refractivity contribution is -0.122. The van der Waals surface area contributed by atoms with Gasteiger partial charge in [-0.3, -0.25) is 4.79 Å². The molecule has 3 nitrogen and oxygen atoms in total. The molecule has 0 fully saturated rings. The third-order valence-corrected chi connectivity index (χ3v) is 3.57. The van der Waals surface area contributed by atoms with Crippen molar-refractivity contribution in [3.63, 3.8) is 0 Å². The van der Waals surface area contributed by atoms with Crippen molar-refractivity contribution in [3.05, 3.63) is 21.3 Å². The largest absolute Gasteiger partial charge is 0.352 e. The van der Waals surface area contributed by atoms with Crippen molar-refractivity contribution < 1.29 is 4.79 Å². The molecule has 6 heteroatoms. The zero-order valence-corrected chi connectivity index (χ0v) is 11.6. The Morgan fingerprint density at radius 2 is 2.19 bits per heavy atom. The average molecular weight is 283 g/mol. The number of hydrogen-bond donors (Lipinski definition) is 2. The minimum absolute atomic E-state index is 0. The summed E-state index contributed by atoms with van der Waals surface area (Å²) in [6.07, 6.45) is 0. The predicted octanol–water partition coefficient (Wildman–Crippen LogP) is 2.39. The van der Waals surface area contributed by atoms with Crippen molar-refractivity contribution in [2.45, 2.75) is 25.8 Å². The van der Waals surface area contributed by atoms with E-state index in [1.54, 1.807) is 6.07 Å². The number of amides is 1. The molecule has 1 aromatic rings. The molecular formula is C10H16Cl2N2OS. The molecule has 16 heavy (non-hydrogen) atoms. The van der Waals surface area contributed by atoms with Crippen molar-refractivity contribution in [1.29, 1.82) is 0 Å². The molecule has 0 aliphatic heterocycles. The molecule has 1 aromatic heterocycles. The Morgan fingerprint density at radius 3 is 2.62 bits per heavy atom. The molecule has 0 aliphatic carbocycles. The van der Waals surface area contributed by atoms with E-state index in [9.17, 15) is 4.79 Å². The topological polar surface area (TPSA) is 55.1 Å². The Kier molecular flexibility index (Phi) is 6.99. The number of nitrogens with two attached hydrogens (primary N) is 1. The van der Waals surface area contributed by atoms with Crippen molar-refractivity contribution in [2.75, 3.05) is 6.54 Å². The van der Waals surface area contributed by atoms with Gasteiger partial charge in [0.1, 0.15) is 0 Å². The monoisotopic (exact) mass is 282 g/mol. The highest BCUT2D eigenvalue weighted by Crippen LogP contribution is 2.28. The summed E-state index contributed by atoms with van der Waals surface area (Å²) in [5.41, 5.74) is 5.43. The van der Waals surface area contributed by atoms with Gasteiger partial charge in [-0.25, -0.2) is 0 Å². The molecule has 0 aliphatic rings. The fourth-order valence-corrected chi connectivity index (χ4v) is 2.23. The number of carbonyl (C=O) groups excluding carboxylic acids is 1. The van der Waals surface area contributed by atoms with Gasteiger partial charge in [0.25, 0.3) is 0 Å². The SMILES string of the molecule is CC(C(=O)N[C@@H](C)CN)c1ccc(Cl)s1.Cl. The lowest BCUT2D eigenvalue weighted by Gasteiger charge is -2.14. The summed E-state index contributed by atoms with van der Waals surface area (Å²) >= 11 is 7.24. The average Bonchev–Trinajstić information content (AvgIpc) is 2.63. The van der Waals surface area contributed by atoms with Gasteiger partial charge in [-0.15, -0.1) is 23.7 Å². The standard InChI is InChI=1S/C10H15ClN2OS.ClH/c1-6(5-12)13-10(14)7(2)8-3-4-9(11)15-8;/h3-4,6-7H,5,12H2,1-2H3,(H,13,14);1H/t6-,7?;/m0./s1. The molecule has 1 heterocycles. The zero-order chi connectivity index (χ0) is 11.4. The molecule has 2 atom stereocenters. The van der Waals surface area contributed by atoms with Gasteiger partial charge in [0, 0.05) is 17.5 Å². The molecule has 3 N–H and O–H groups in total. The fourth-order valence-electron chi connectivity index (χ4n) is 1.12. The predicted molar refractivity (Wildman–Crippen MR) is 71.7 cm³/mol. The van der Waals surface area contributed by atoms with Crippen LogP contribution in [0.25, 0.3) is 0 Å². The van der Waals surface area contributed by atoms with Gasteiger partial charge in [0.05, 0.1) is 10.3 Å². The van der Waals surface area contributed by atoms with Gasteiger partial charge in [-0.05, 0) is 26.0 Å². The second-order valence-electron chi connectivity index (χ2n) is 3.51. The van der Waals surface area contributed by atoms with E-state index in [1.807, 2.05) is 19.9 Å². The van der Waals surface area contributed by atoms with E-state index < -0.39 is 0 Å². The maximum Gasteiger partial charge on any atom is 0.228 e. The fraction of sp³-hybridized carbons (Fsp3) is 0.500. The van der Waals surface area contributed by atoms with Crippen LogP contribution in [0.3, 0.4) is 0 Å². The highest BCUT2D eigenvalue weighted by molar-refractivity contribution is 7.16. The number of halogens is 2. The van der Waals surface area contributed by atoms with Crippen LogP contribution in [0.4, 0.5) is 0 Å². The van der Waals surface area contributed by atoms with Crippen LogP contribution in [-0.2, 0) is 4.79 Å². The van der Waals surface area contributed by atoms with E-state index in [0.29, 0.717) is 10.9 Å². The molecule has 0 aromatic carbocycles. The minimum atomic E-state index is -0.170. The first kappa shape index (κ1) is 15.7. The molecule has 0 saturated heterocycles. The second kappa shape index (κ2) is 7.12. The molecule has 1 unspecified atom stereocenters. The van der Waals surface area contributed by atoms with E-state index in [-0.39, 0.29) is 30.3 Å². The van der Waals surface area contributed by atoms with E-state index in [0.717, 1.165) is 4.88 Å². The Hall–Kier alpha value is -0.290. The van der Waals surface area contributed by atoms with E-state index in [1.165, 1.54) is 11.3 Å². The van der Waals surface area contributed by atoms with E-state index in [2.05, 4.69) is 5.32 Å². The van der Waals surface area contributed by atoms with Gasteiger partial charge in [-0.2, -0.15) is 0 Å². The minimum Gasteiger partial charge on any atom is -0.352 e. The lowest BCUT2D eigenvalue weighted by atomic mass is 10.1. The van der Waals surface area contributed by atoms with Gasteiger partial charge in [-0.1, -0.05) is 11.6 Å². The van der Waals surface area contributed by atoms with Crippen LogP contribution in [0.2, 0.25) is 4.34 Å². The molecule has 1 rings (SSSR count). The summed E-state index contributed by atoms with van der Waals surface area (Å²) in [5, 5.41) is 2.84. The smallest absolute Gasteiger partial charge is 0.228 e. The highest BCUT2D eigenvalue weighted by atomic mass is 35.5. The summed E-state index contributed by atoms with van der Waals surface area (Å²) < 4.78 is 0.705.